The second-order valence-electron chi connectivity index (χ2n) is 5.39. The molecule has 0 radical (unpaired) electrons. The number of nitrogens with two attached hydrogens (primary N) is 1. The van der Waals surface area contributed by atoms with E-state index in [1.165, 1.54) is 6.33 Å². The highest BCUT2D eigenvalue weighted by Crippen LogP contribution is 2.20. The normalized spacial score (nSPS) is 17.1. The lowest BCUT2D eigenvalue weighted by atomic mass is 9.98. The smallest absolute Gasteiger partial charge is 0.231 e. The van der Waals surface area contributed by atoms with Crippen LogP contribution in [0.15, 0.2) is 6.33 Å². The summed E-state index contributed by atoms with van der Waals surface area (Å²) in [4.78, 5) is 21.3. The largest absolute Gasteiger partial charge is 0.477 e. The van der Waals surface area contributed by atoms with E-state index in [-0.39, 0.29) is 5.91 Å². The number of primary amides is 1. The van der Waals surface area contributed by atoms with Crippen LogP contribution in [0.1, 0.15) is 24.1 Å². The number of carbonyl (C=O) groups is 1. The Morgan fingerprint density at radius 2 is 2.10 bits per heavy atom. The highest BCUT2D eigenvalue weighted by atomic mass is 16.5. The van der Waals surface area contributed by atoms with Gasteiger partial charge in [0.1, 0.15) is 6.33 Å². The standard InChI is InChI=1S/C14H22N4O2/c1-10-11(2)16-9-17-14(10)20-8-12-3-5-18(6-4-12)7-13(15)19/h9,12H,3-8H2,1-2H3,(H2,15,19). The zero-order chi connectivity index (χ0) is 14.5. The Labute approximate surface area is 119 Å². The highest BCUT2D eigenvalue weighted by molar-refractivity contribution is 5.75. The minimum Gasteiger partial charge on any atom is -0.477 e. The molecule has 0 bridgehead atoms. The van der Waals surface area contributed by atoms with Crippen LogP contribution in [0.5, 0.6) is 5.88 Å². The summed E-state index contributed by atoms with van der Waals surface area (Å²) in [5.74, 6) is 0.928. The van der Waals surface area contributed by atoms with Gasteiger partial charge in [0.15, 0.2) is 0 Å². The van der Waals surface area contributed by atoms with Crippen LogP contribution in [0.4, 0.5) is 0 Å². The summed E-state index contributed by atoms with van der Waals surface area (Å²) in [5, 5.41) is 0. The number of hydrogen-bond donors (Lipinski definition) is 1. The molecule has 1 aliphatic heterocycles. The van der Waals surface area contributed by atoms with Gasteiger partial charge in [0.05, 0.1) is 13.2 Å². The Bertz CT molecular complexity index is 470. The molecule has 1 amide bonds. The molecule has 6 heteroatoms. The fourth-order valence-electron chi connectivity index (χ4n) is 2.39. The van der Waals surface area contributed by atoms with Gasteiger partial charge in [0.25, 0.3) is 0 Å². The predicted octanol–water partition coefficient (Wildman–Crippen LogP) is 0.670. The fraction of sp³-hybridized carbons (Fsp3) is 0.643. The average molecular weight is 278 g/mol. The Balaban J connectivity index is 1.79. The molecule has 0 saturated carbocycles. The van der Waals surface area contributed by atoms with Gasteiger partial charge in [-0.15, -0.1) is 0 Å². The molecule has 1 aromatic heterocycles. The van der Waals surface area contributed by atoms with Crippen molar-refractivity contribution < 1.29 is 9.53 Å². The van der Waals surface area contributed by atoms with E-state index in [9.17, 15) is 4.79 Å². The molecule has 0 unspecified atom stereocenters. The SMILES string of the molecule is Cc1ncnc(OCC2CCN(CC(N)=O)CC2)c1C. The van der Waals surface area contributed by atoms with Crippen LogP contribution >= 0.6 is 0 Å². The number of hydrogen-bond acceptors (Lipinski definition) is 5. The zero-order valence-electron chi connectivity index (χ0n) is 12.1. The predicted molar refractivity (Wildman–Crippen MR) is 75.4 cm³/mol. The third kappa shape index (κ3) is 3.90. The molecule has 2 heterocycles. The van der Waals surface area contributed by atoms with Crippen LogP contribution in [0.2, 0.25) is 0 Å². The number of amides is 1. The van der Waals surface area contributed by atoms with Gasteiger partial charge < -0.3 is 10.5 Å². The first kappa shape index (κ1) is 14.7. The minimum atomic E-state index is -0.258. The maximum absolute atomic E-state index is 10.9. The maximum Gasteiger partial charge on any atom is 0.231 e. The van der Waals surface area contributed by atoms with E-state index >= 15 is 0 Å². The lowest BCUT2D eigenvalue weighted by molar-refractivity contribution is -0.119. The number of ether oxygens (including phenoxy) is 1. The van der Waals surface area contributed by atoms with Gasteiger partial charge in [-0.2, -0.15) is 0 Å². The van der Waals surface area contributed by atoms with E-state index in [4.69, 9.17) is 10.5 Å². The molecule has 1 aliphatic rings. The molecule has 0 spiro atoms. The van der Waals surface area contributed by atoms with Crippen molar-refractivity contribution in [2.24, 2.45) is 11.7 Å². The van der Waals surface area contributed by atoms with Crippen LogP contribution in [0.25, 0.3) is 0 Å². The number of aryl methyl sites for hydroxylation is 1. The number of carbonyl (C=O) groups excluding carboxylic acids is 1. The molecule has 20 heavy (non-hydrogen) atoms. The van der Waals surface area contributed by atoms with Crippen LogP contribution in [-0.2, 0) is 4.79 Å². The van der Waals surface area contributed by atoms with Gasteiger partial charge >= 0.3 is 0 Å². The lowest BCUT2D eigenvalue weighted by Gasteiger charge is -2.30. The molecule has 110 valence electrons. The van der Waals surface area contributed by atoms with Crippen molar-refractivity contribution in [2.75, 3.05) is 26.2 Å². The molecule has 2 rings (SSSR count). The average Bonchev–Trinajstić information content (AvgIpc) is 2.41. The van der Waals surface area contributed by atoms with Gasteiger partial charge in [-0.3, -0.25) is 9.69 Å². The topological polar surface area (TPSA) is 81.3 Å². The van der Waals surface area contributed by atoms with E-state index < -0.39 is 0 Å². The molecule has 1 saturated heterocycles. The van der Waals surface area contributed by atoms with Gasteiger partial charge in [-0.25, -0.2) is 9.97 Å². The van der Waals surface area contributed by atoms with Crippen LogP contribution in [0, 0.1) is 19.8 Å². The molecule has 0 atom stereocenters. The number of piperidine rings is 1. The fourth-order valence-corrected chi connectivity index (χ4v) is 2.39. The van der Waals surface area contributed by atoms with Gasteiger partial charge in [0, 0.05) is 11.3 Å². The Hall–Kier alpha value is -1.69. The summed E-state index contributed by atoms with van der Waals surface area (Å²) in [7, 11) is 0. The van der Waals surface area contributed by atoms with Gasteiger partial charge in [-0.05, 0) is 45.7 Å². The minimum absolute atomic E-state index is 0.258. The summed E-state index contributed by atoms with van der Waals surface area (Å²) >= 11 is 0. The Kier molecular flexibility index (Phi) is 4.89. The maximum atomic E-state index is 10.9. The number of likely N-dealkylation sites (tertiary alicyclic amines) is 1. The first-order chi connectivity index (χ1) is 9.56. The van der Waals surface area contributed by atoms with Crippen molar-refractivity contribution in [3.8, 4) is 5.88 Å². The Morgan fingerprint density at radius 3 is 2.75 bits per heavy atom. The number of rotatable bonds is 5. The third-order valence-corrected chi connectivity index (χ3v) is 3.83. The molecule has 0 aliphatic carbocycles. The molecule has 0 aromatic carbocycles. The van der Waals surface area contributed by atoms with Crippen molar-refractivity contribution in [1.82, 2.24) is 14.9 Å². The van der Waals surface area contributed by atoms with E-state index in [0.717, 1.165) is 37.2 Å². The Morgan fingerprint density at radius 1 is 1.40 bits per heavy atom. The van der Waals surface area contributed by atoms with E-state index in [1.807, 2.05) is 13.8 Å². The van der Waals surface area contributed by atoms with Crippen LogP contribution in [-0.4, -0.2) is 47.0 Å². The van der Waals surface area contributed by atoms with Crippen molar-refractivity contribution in [3.63, 3.8) is 0 Å². The second-order valence-corrected chi connectivity index (χ2v) is 5.39. The summed E-state index contributed by atoms with van der Waals surface area (Å²) in [6, 6.07) is 0. The third-order valence-electron chi connectivity index (χ3n) is 3.83. The summed E-state index contributed by atoms with van der Waals surface area (Å²) in [6.07, 6.45) is 3.58. The van der Waals surface area contributed by atoms with E-state index in [1.54, 1.807) is 0 Å². The van der Waals surface area contributed by atoms with Crippen molar-refractivity contribution in [1.29, 1.82) is 0 Å². The van der Waals surface area contributed by atoms with Crippen molar-refractivity contribution in [2.45, 2.75) is 26.7 Å². The number of nitrogens with zero attached hydrogens (tertiary/aromatic N) is 3. The van der Waals surface area contributed by atoms with Crippen molar-refractivity contribution in [3.05, 3.63) is 17.6 Å². The van der Waals surface area contributed by atoms with E-state index in [0.29, 0.717) is 24.9 Å². The first-order valence-corrected chi connectivity index (χ1v) is 6.98. The van der Waals surface area contributed by atoms with Crippen molar-refractivity contribution >= 4 is 5.91 Å². The summed E-state index contributed by atoms with van der Waals surface area (Å²) in [5.41, 5.74) is 7.15. The molecule has 1 fully saturated rings. The molecule has 1 aromatic rings. The second kappa shape index (κ2) is 6.65. The molecule has 2 N–H and O–H groups in total. The monoisotopic (exact) mass is 278 g/mol. The first-order valence-electron chi connectivity index (χ1n) is 6.98. The molecular formula is C14H22N4O2. The lowest BCUT2D eigenvalue weighted by Crippen LogP contribution is -2.40. The van der Waals surface area contributed by atoms with Crippen LogP contribution < -0.4 is 10.5 Å². The van der Waals surface area contributed by atoms with Gasteiger partial charge in [0.2, 0.25) is 11.8 Å². The summed E-state index contributed by atoms with van der Waals surface area (Å²) in [6.45, 7) is 6.75. The van der Waals surface area contributed by atoms with Gasteiger partial charge in [-0.1, -0.05) is 0 Å². The molecule has 6 nitrogen and oxygen atoms in total. The molecular weight excluding hydrogens is 256 g/mol. The zero-order valence-corrected chi connectivity index (χ0v) is 12.1. The van der Waals surface area contributed by atoms with Crippen LogP contribution in [0.3, 0.4) is 0 Å². The summed E-state index contributed by atoms with van der Waals surface area (Å²) < 4.78 is 5.81. The highest BCUT2D eigenvalue weighted by Gasteiger charge is 2.21. The van der Waals surface area contributed by atoms with E-state index in [2.05, 4.69) is 14.9 Å². The quantitative estimate of drug-likeness (QED) is 0.856. The number of aromatic nitrogens is 2.